The van der Waals surface area contributed by atoms with Crippen LogP contribution < -0.4 is 5.32 Å². The van der Waals surface area contributed by atoms with E-state index in [9.17, 15) is 9.59 Å². The third-order valence-electron chi connectivity index (χ3n) is 4.56. The van der Waals surface area contributed by atoms with Crippen molar-refractivity contribution in [3.8, 4) is 0 Å². The number of ether oxygens (including phenoxy) is 1. The van der Waals surface area contributed by atoms with E-state index in [0.29, 0.717) is 0 Å². The molecule has 1 aromatic heterocycles. The number of hydrogen-bond acceptors (Lipinski definition) is 4. The molecule has 2 atom stereocenters. The lowest BCUT2D eigenvalue weighted by Crippen LogP contribution is -2.38. The van der Waals surface area contributed by atoms with Gasteiger partial charge in [-0.05, 0) is 24.8 Å². The Morgan fingerprint density at radius 2 is 2.14 bits per heavy atom. The number of rotatable bonds is 5. The van der Waals surface area contributed by atoms with E-state index < -0.39 is 0 Å². The molecular formula is C16H23N3O3. The second kappa shape index (κ2) is 6.50. The molecule has 6 heteroatoms. The molecule has 1 aromatic rings. The van der Waals surface area contributed by atoms with Crippen molar-refractivity contribution in [1.82, 2.24) is 15.1 Å². The topological polar surface area (TPSA) is 73.2 Å². The Bertz CT molecular complexity index is 549. The fourth-order valence-corrected chi connectivity index (χ4v) is 3.22. The molecule has 1 N–H and O–H groups in total. The monoisotopic (exact) mass is 305 g/mol. The summed E-state index contributed by atoms with van der Waals surface area (Å²) in [5.74, 6) is -0.374. The van der Waals surface area contributed by atoms with Gasteiger partial charge in [0, 0.05) is 25.2 Å². The fourth-order valence-electron chi connectivity index (χ4n) is 3.22. The summed E-state index contributed by atoms with van der Waals surface area (Å²) in [4.78, 5) is 23.8. The van der Waals surface area contributed by atoms with Gasteiger partial charge in [0.05, 0.1) is 12.1 Å². The van der Waals surface area contributed by atoms with Gasteiger partial charge >= 0.3 is 5.97 Å². The Labute approximate surface area is 130 Å². The van der Waals surface area contributed by atoms with Gasteiger partial charge in [-0.15, -0.1) is 0 Å². The van der Waals surface area contributed by atoms with Gasteiger partial charge in [-0.25, -0.2) is 0 Å². The summed E-state index contributed by atoms with van der Waals surface area (Å²) >= 11 is 0. The van der Waals surface area contributed by atoms with E-state index in [1.54, 1.807) is 10.9 Å². The van der Waals surface area contributed by atoms with Gasteiger partial charge in [-0.3, -0.25) is 14.3 Å². The first kappa shape index (κ1) is 15.1. The first-order valence-electron chi connectivity index (χ1n) is 8.08. The van der Waals surface area contributed by atoms with Crippen molar-refractivity contribution in [2.45, 2.75) is 50.5 Å². The van der Waals surface area contributed by atoms with E-state index in [1.165, 1.54) is 19.3 Å². The molecular weight excluding hydrogens is 282 g/mol. The Kier molecular flexibility index (Phi) is 4.45. The number of carbonyl (C=O) groups is 2. The predicted molar refractivity (Wildman–Crippen MR) is 80.0 cm³/mol. The van der Waals surface area contributed by atoms with E-state index in [4.69, 9.17) is 4.74 Å². The molecule has 120 valence electrons. The number of hydrogen-bond donors (Lipinski definition) is 1. The van der Waals surface area contributed by atoms with Crippen LogP contribution in [0, 0.1) is 5.92 Å². The fraction of sp³-hybridized carbons (Fsp3) is 0.688. The molecule has 0 bridgehead atoms. The minimum Gasteiger partial charge on any atom is -0.455 e. The van der Waals surface area contributed by atoms with Crippen molar-refractivity contribution < 1.29 is 14.3 Å². The largest absolute Gasteiger partial charge is 0.455 e. The zero-order valence-corrected chi connectivity index (χ0v) is 13.0. The van der Waals surface area contributed by atoms with Crippen LogP contribution in [0.2, 0.25) is 0 Å². The van der Waals surface area contributed by atoms with Crippen LogP contribution in [0.25, 0.3) is 0 Å². The zero-order valence-electron chi connectivity index (χ0n) is 13.0. The molecule has 0 aliphatic heterocycles. The summed E-state index contributed by atoms with van der Waals surface area (Å²) in [5, 5.41) is 7.06. The van der Waals surface area contributed by atoms with Crippen LogP contribution in [0.3, 0.4) is 0 Å². The smallest absolute Gasteiger partial charge is 0.310 e. The van der Waals surface area contributed by atoms with Crippen molar-refractivity contribution in [3.05, 3.63) is 18.0 Å². The highest BCUT2D eigenvalue weighted by Gasteiger charge is 2.46. The molecule has 2 aliphatic carbocycles. The van der Waals surface area contributed by atoms with E-state index in [-0.39, 0.29) is 36.4 Å². The highest BCUT2D eigenvalue weighted by atomic mass is 16.5. The quantitative estimate of drug-likeness (QED) is 0.837. The van der Waals surface area contributed by atoms with Crippen molar-refractivity contribution in [2.24, 2.45) is 13.0 Å². The Morgan fingerprint density at radius 3 is 2.82 bits per heavy atom. The number of aromatic nitrogens is 2. The second-order valence-electron chi connectivity index (χ2n) is 6.41. The van der Waals surface area contributed by atoms with E-state index >= 15 is 0 Å². The van der Waals surface area contributed by atoms with Crippen molar-refractivity contribution in [1.29, 1.82) is 0 Å². The molecule has 2 fully saturated rings. The minimum atomic E-state index is -0.271. The number of esters is 1. The van der Waals surface area contributed by atoms with Crippen molar-refractivity contribution in [3.63, 3.8) is 0 Å². The summed E-state index contributed by atoms with van der Waals surface area (Å²) in [6.45, 7) is -0.161. The zero-order chi connectivity index (χ0) is 15.5. The maximum atomic E-state index is 12.0. The molecule has 3 rings (SSSR count). The molecule has 0 aromatic carbocycles. The van der Waals surface area contributed by atoms with Gasteiger partial charge in [0.2, 0.25) is 0 Å². The minimum absolute atomic E-state index is 0.119. The number of nitrogens with one attached hydrogen (secondary N) is 1. The SMILES string of the molecule is Cn1cc(C2CC2C(=O)OCC(=O)NC2CCCCC2)cn1. The molecule has 1 amide bonds. The summed E-state index contributed by atoms with van der Waals surface area (Å²) in [7, 11) is 1.86. The number of carbonyl (C=O) groups excluding carboxylic acids is 2. The Hall–Kier alpha value is -1.85. The maximum Gasteiger partial charge on any atom is 0.310 e. The molecule has 22 heavy (non-hydrogen) atoms. The lowest BCUT2D eigenvalue weighted by molar-refractivity contribution is -0.150. The lowest BCUT2D eigenvalue weighted by atomic mass is 9.95. The molecule has 0 radical (unpaired) electrons. The lowest BCUT2D eigenvalue weighted by Gasteiger charge is -2.22. The molecule has 2 saturated carbocycles. The molecule has 0 saturated heterocycles. The first-order valence-corrected chi connectivity index (χ1v) is 8.08. The van der Waals surface area contributed by atoms with Crippen LogP contribution in [-0.2, 0) is 21.4 Å². The Balaban J connectivity index is 1.38. The van der Waals surface area contributed by atoms with Crippen LogP contribution in [0.4, 0.5) is 0 Å². The van der Waals surface area contributed by atoms with Gasteiger partial charge in [0.25, 0.3) is 5.91 Å². The van der Waals surface area contributed by atoms with Gasteiger partial charge < -0.3 is 10.1 Å². The molecule has 0 spiro atoms. The van der Waals surface area contributed by atoms with E-state index in [1.807, 2.05) is 13.2 Å². The molecule has 2 aliphatic rings. The van der Waals surface area contributed by atoms with Crippen LogP contribution in [0.5, 0.6) is 0 Å². The highest BCUT2D eigenvalue weighted by Crippen LogP contribution is 2.47. The average molecular weight is 305 g/mol. The number of aryl methyl sites for hydroxylation is 1. The van der Waals surface area contributed by atoms with Crippen LogP contribution in [0.1, 0.15) is 50.0 Å². The number of nitrogens with zero attached hydrogens (tertiary/aromatic N) is 2. The molecule has 6 nitrogen and oxygen atoms in total. The van der Waals surface area contributed by atoms with Crippen molar-refractivity contribution >= 4 is 11.9 Å². The van der Waals surface area contributed by atoms with Gasteiger partial charge in [-0.2, -0.15) is 5.10 Å². The third kappa shape index (κ3) is 3.67. The van der Waals surface area contributed by atoms with Crippen LogP contribution >= 0.6 is 0 Å². The highest BCUT2D eigenvalue weighted by molar-refractivity contribution is 5.83. The van der Waals surface area contributed by atoms with Crippen molar-refractivity contribution in [2.75, 3.05) is 6.61 Å². The van der Waals surface area contributed by atoms with Gasteiger partial charge in [0.1, 0.15) is 0 Å². The summed E-state index contributed by atoms with van der Waals surface area (Å²) in [6, 6.07) is 0.254. The van der Waals surface area contributed by atoms with E-state index in [2.05, 4.69) is 10.4 Å². The van der Waals surface area contributed by atoms with Crippen LogP contribution in [-0.4, -0.2) is 34.3 Å². The van der Waals surface area contributed by atoms with Gasteiger partial charge in [0.15, 0.2) is 6.61 Å². The predicted octanol–water partition coefficient (Wildman–Crippen LogP) is 1.52. The molecule has 1 heterocycles. The third-order valence-corrected chi connectivity index (χ3v) is 4.56. The van der Waals surface area contributed by atoms with E-state index in [0.717, 1.165) is 24.8 Å². The standard InChI is InChI=1S/C16H23N3O3/c1-19-9-11(8-17-19)13-7-14(13)16(21)22-10-15(20)18-12-5-3-2-4-6-12/h8-9,12-14H,2-7,10H2,1H3,(H,18,20). The van der Waals surface area contributed by atoms with Crippen LogP contribution in [0.15, 0.2) is 12.4 Å². The summed E-state index contributed by atoms with van der Waals surface area (Å²) in [6.07, 6.45) is 10.1. The summed E-state index contributed by atoms with van der Waals surface area (Å²) < 4.78 is 6.88. The average Bonchev–Trinajstić information content (AvgIpc) is 3.21. The maximum absolute atomic E-state index is 12.0. The normalized spacial score (nSPS) is 24.8. The molecule has 2 unspecified atom stereocenters. The first-order chi connectivity index (χ1) is 10.6. The Morgan fingerprint density at radius 1 is 1.36 bits per heavy atom. The second-order valence-corrected chi connectivity index (χ2v) is 6.41. The summed E-state index contributed by atoms with van der Waals surface area (Å²) in [5.41, 5.74) is 1.07. The number of amides is 1. The van der Waals surface area contributed by atoms with Gasteiger partial charge in [-0.1, -0.05) is 19.3 Å².